The minimum Gasteiger partial charge on any atom is -0.489 e. The highest BCUT2D eigenvalue weighted by molar-refractivity contribution is 5.93. The first kappa shape index (κ1) is 20.4. The molecule has 0 heterocycles. The van der Waals surface area contributed by atoms with E-state index < -0.39 is 4.92 Å². The predicted octanol–water partition coefficient (Wildman–Crippen LogP) is 5.73. The number of non-ortho nitro benzene ring substituents is 1. The van der Waals surface area contributed by atoms with Crippen LogP contribution in [0.2, 0.25) is 0 Å². The fraction of sp³-hybridized carbons (Fsp3) is 0.318. The molecule has 5 nitrogen and oxygen atoms in total. The first-order chi connectivity index (χ1) is 13.1. The summed E-state index contributed by atoms with van der Waals surface area (Å²) in [5.41, 5.74) is 1.81. The number of ether oxygens (including phenoxy) is 1. The van der Waals surface area contributed by atoms with Gasteiger partial charge in [-0.15, -0.1) is 0 Å². The molecule has 2 aromatic rings. The van der Waals surface area contributed by atoms with Gasteiger partial charge in [-0.25, -0.2) is 0 Å². The maximum atomic E-state index is 11.9. The first-order valence-electron chi connectivity index (χ1n) is 9.25. The van der Waals surface area contributed by atoms with Crippen LogP contribution in [-0.4, -0.2) is 10.7 Å². The zero-order valence-electron chi connectivity index (χ0n) is 15.6. The normalized spacial score (nSPS) is 10.9. The lowest BCUT2D eigenvalue weighted by Crippen LogP contribution is -1.96. The summed E-state index contributed by atoms with van der Waals surface area (Å²) in [5.74, 6) is 0.828. The van der Waals surface area contributed by atoms with Gasteiger partial charge in [0.1, 0.15) is 12.4 Å². The van der Waals surface area contributed by atoms with Crippen LogP contribution < -0.4 is 4.74 Å². The monoisotopic (exact) mass is 367 g/mol. The Balaban J connectivity index is 1.86. The molecule has 2 aromatic carbocycles. The minimum atomic E-state index is -0.425. The molecule has 2 rings (SSSR count). The van der Waals surface area contributed by atoms with Crippen LogP contribution in [0.4, 0.5) is 5.69 Å². The summed E-state index contributed by atoms with van der Waals surface area (Å²) in [6.45, 7) is 2.47. The number of carbonyl (C=O) groups is 1. The Morgan fingerprint density at radius 1 is 1.11 bits per heavy atom. The SMILES string of the molecule is CCCCCCC(=O)C=Cc1cccc(OCc2ccc([N+](=O)[O-])cc2)c1. The van der Waals surface area contributed by atoms with Crippen molar-refractivity contribution in [1.29, 1.82) is 0 Å². The highest BCUT2D eigenvalue weighted by atomic mass is 16.6. The molecule has 0 bridgehead atoms. The van der Waals surface area contributed by atoms with Crippen molar-refractivity contribution in [2.75, 3.05) is 0 Å². The number of hydrogen-bond acceptors (Lipinski definition) is 4. The van der Waals surface area contributed by atoms with Crippen LogP contribution in [0.1, 0.15) is 50.2 Å². The summed E-state index contributed by atoms with van der Waals surface area (Å²) >= 11 is 0. The molecule has 0 atom stereocenters. The number of allylic oxidation sites excluding steroid dienone is 1. The summed E-state index contributed by atoms with van der Waals surface area (Å²) in [6, 6.07) is 13.8. The fourth-order valence-corrected chi connectivity index (χ4v) is 2.59. The van der Waals surface area contributed by atoms with Crippen molar-refractivity contribution in [2.24, 2.45) is 0 Å². The molecule has 0 fully saturated rings. The predicted molar refractivity (Wildman–Crippen MR) is 107 cm³/mol. The average molecular weight is 367 g/mol. The largest absolute Gasteiger partial charge is 0.489 e. The van der Waals surface area contributed by atoms with Crippen LogP contribution in [0.15, 0.2) is 54.6 Å². The molecule has 0 amide bonds. The molecule has 0 saturated carbocycles. The van der Waals surface area contributed by atoms with E-state index in [0.717, 1.165) is 30.4 Å². The number of nitro benzene ring substituents is 1. The van der Waals surface area contributed by atoms with Gasteiger partial charge in [0.05, 0.1) is 4.92 Å². The van der Waals surface area contributed by atoms with E-state index in [0.29, 0.717) is 18.8 Å². The zero-order valence-corrected chi connectivity index (χ0v) is 15.6. The lowest BCUT2D eigenvalue weighted by Gasteiger charge is -2.07. The van der Waals surface area contributed by atoms with Gasteiger partial charge in [-0.1, -0.05) is 44.4 Å². The van der Waals surface area contributed by atoms with E-state index in [9.17, 15) is 14.9 Å². The fourth-order valence-electron chi connectivity index (χ4n) is 2.59. The Labute approximate surface area is 159 Å². The van der Waals surface area contributed by atoms with Crippen LogP contribution >= 0.6 is 0 Å². The number of hydrogen-bond donors (Lipinski definition) is 0. The number of ketones is 1. The third kappa shape index (κ3) is 7.44. The van der Waals surface area contributed by atoms with Gasteiger partial charge in [-0.05, 0) is 47.9 Å². The van der Waals surface area contributed by atoms with Crippen molar-refractivity contribution >= 4 is 17.5 Å². The molecular formula is C22H25NO4. The van der Waals surface area contributed by atoms with Crippen LogP contribution in [0.3, 0.4) is 0 Å². The molecule has 0 radical (unpaired) electrons. The van der Waals surface area contributed by atoms with Gasteiger partial charge < -0.3 is 4.74 Å². The molecule has 0 unspecified atom stereocenters. The van der Waals surface area contributed by atoms with Gasteiger partial charge >= 0.3 is 0 Å². The second-order valence-corrected chi connectivity index (χ2v) is 6.40. The van der Waals surface area contributed by atoms with Gasteiger partial charge in [0.15, 0.2) is 5.78 Å². The number of nitro groups is 1. The van der Waals surface area contributed by atoms with Crippen molar-refractivity contribution in [2.45, 2.75) is 45.6 Å². The summed E-state index contributed by atoms with van der Waals surface area (Å²) in [6.07, 6.45) is 8.40. The zero-order chi connectivity index (χ0) is 19.5. The highest BCUT2D eigenvalue weighted by Crippen LogP contribution is 2.18. The first-order valence-corrected chi connectivity index (χ1v) is 9.25. The summed E-state index contributed by atoms with van der Waals surface area (Å²) in [7, 11) is 0. The maximum absolute atomic E-state index is 11.9. The molecule has 0 aliphatic heterocycles. The van der Waals surface area contributed by atoms with Gasteiger partial charge in [-0.3, -0.25) is 14.9 Å². The van der Waals surface area contributed by atoms with Crippen LogP contribution in [0.25, 0.3) is 6.08 Å². The van der Waals surface area contributed by atoms with Gasteiger partial charge in [-0.2, -0.15) is 0 Å². The second kappa shape index (κ2) is 10.9. The van der Waals surface area contributed by atoms with Crippen molar-refractivity contribution in [3.05, 3.63) is 75.8 Å². The standard InChI is InChI=1S/C22H25NO4/c1-2-3-4-5-8-21(24)15-12-18-7-6-9-22(16-18)27-17-19-10-13-20(14-11-19)23(25)26/h6-7,9-16H,2-5,8,17H2,1H3. The average Bonchev–Trinajstić information content (AvgIpc) is 2.69. The molecular weight excluding hydrogens is 342 g/mol. The summed E-state index contributed by atoms with van der Waals surface area (Å²) in [4.78, 5) is 22.1. The molecule has 0 aliphatic rings. The Hall–Kier alpha value is -2.95. The van der Waals surface area contributed by atoms with E-state index in [1.54, 1.807) is 24.3 Å². The number of rotatable bonds is 11. The van der Waals surface area contributed by atoms with Crippen LogP contribution in [0.5, 0.6) is 5.75 Å². The summed E-state index contributed by atoms with van der Waals surface area (Å²) < 4.78 is 5.74. The van der Waals surface area contributed by atoms with E-state index in [2.05, 4.69) is 6.92 Å². The van der Waals surface area contributed by atoms with E-state index >= 15 is 0 Å². The number of nitrogens with zero attached hydrogens (tertiary/aromatic N) is 1. The molecule has 5 heteroatoms. The third-order valence-corrected chi connectivity index (χ3v) is 4.15. The third-order valence-electron chi connectivity index (χ3n) is 4.15. The number of benzene rings is 2. The van der Waals surface area contributed by atoms with Crippen molar-refractivity contribution in [1.82, 2.24) is 0 Å². The highest BCUT2D eigenvalue weighted by Gasteiger charge is 2.04. The molecule has 142 valence electrons. The van der Waals surface area contributed by atoms with E-state index in [-0.39, 0.29) is 11.5 Å². The van der Waals surface area contributed by atoms with E-state index in [1.165, 1.54) is 18.6 Å². The van der Waals surface area contributed by atoms with Gasteiger partial charge in [0, 0.05) is 18.6 Å². The Morgan fingerprint density at radius 2 is 1.89 bits per heavy atom. The smallest absolute Gasteiger partial charge is 0.269 e. The Bertz CT molecular complexity index is 781. The molecule has 27 heavy (non-hydrogen) atoms. The van der Waals surface area contributed by atoms with Gasteiger partial charge in [0.2, 0.25) is 0 Å². The molecule has 0 spiro atoms. The van der Waals surface area contributed by atoms with Crippen molar-refractivity contribution in [3.63, 3.8) is 0 Å². The van der Waals surface area contributed by atoms with Gasteiger partial charge in [0.25, 0.3) is 5.69 Å². The molecule has 0 aliphatic carbocycles. The van der Waals surface area contributed by atoms with Crippen LogP contribution in [-0.2, 0) is 11.4 Å². The van der Waals surface area contributed by atoms with Crippen molar-refractivity contribution in [3.8, 4) is 5.75 Å². The maximum Gasteiger partial charge on any atom is 0.269 e. The second-order valence-electron chi connectivity index (χ2n) is 6.40. The Kier molecular flexibility index (Phi) is 8.23. The minimum absolute atomic E-state index is 0.0604. The topological polar surface area (TPSA) is 69.4 Å². The van der Waals surface area contributed by atoms with Crippen molar-refractivity contribution < 1.29 is 14.5 Å². The molecule has 0 saturated heterocycles. The van der Waals surface area contributed by atoms with E-state index in [1.807, 2.05) is 24.3 Å². The van der Waals surface area contributed by atoms with E-state index in [4.69, 9.17) is 4.74 Å². The van der Waals surface area contributed by atoms with Crippen LogP contribution in [0, 0.1) is 10.1 Å². The molecule has 0 N–H and O–H groups in total. The number of unbranched alkanes of at least 4 members (excludes halogenated alkanes) is 3. The quantitative estimate of drug-likeness (QED) is 0.220. The summed E-state index contributed by atoms with van der Waals surface area (Å²) in [5, 5.41) is 10.7. The Morgan fingerprint density at radius 3 is 2.59 bits per heavy atom. The lowest BCUT2D eigenvalue weighted by atomic mass is 10.1. The number of carbonyl (C=O) groups excluding carboxylic acids is 1. The molecule has 0 aromatic heterocycles. The lowest BCUT2D eigenvalue weighted by molar-refractivity contribution is -0.384.